The minimum atomic E-state index is -0.265. The summed E-state index contributed by atoms with van der Waals surface area (Å²) in [7, 11) is 0. The lowest BCUT2D eigenvalue weighted by Gasteiger charge is -2.25. The molecule has 0 radical (unpaired) electrons. The third-order valence-electron chi connectivity index (χ3n) is 3.53. The molecule has 1 aromatic carbocycles. The molecule has 0 fully saturated rings. The summed E-state index contributed by atoms with van der Waals surface area (Å²) in [6, 6.07) is 5.72. The molecule has 2 nitrogen and oxygen atoms in total. The normalized spacial score (nSPS) is 12.1. The number of rotatable bonds is 10. The van der Waals surface area contributed by atoms with Crippen LogP contribution in [0, 0.1) is 12.7 Å². The number of hydrogen-bond acceptors (Lipinski definition) is 3. The van der Waals surface area contributed by atoms with E-state index in [4.69, 9.17) is 4.74 Å². The number of ether oxygens (including phenoxy) is 1. The first-order valence-corrected chi connectivity index (χ1v) is 8.81. The van der Waals surface area contributed by atoms with Gasteiger partial charge in [0.1, 0.15) is 0 Å². The monoisotopic (exact) mass is 440 g/mol. The smallest absolute Gasteiger partial charge is 0.165 e. The fraction of sp³-hybridized carbons (Fsp3) is 0.647. The van der Waals surface area contributed by atoms with Crippen molar-refractivity contribution in [2.45, 2.75) is 53.0 Å². The predicted octanol–water partition coefficient (Wildman–Crippen LogP) is 2.07. The Hall–Kier alpha value is -0.0100. The molecule has 128 valence electrons. The molecule has 0 bridgehead atoms. The molecule has 0 amide bonds. The number of nitrogens with zero attached hydrogens (tertiary/aromatic N) is 1. The maximum absolute atomic E-state index is 13.6. The van der Waals surface area contributed by atoms with Gasteiger partial charge in [-0.25, -0.2) is 8.70 Å². The molecule has 5 heteroatoms. The highest BCUT2D eigenvalue weighted by Gasteiger charge is 2.09. The topological polar surface area (TPSA) is 12.5 Å². The summed E-state index contributed by atoms with van der Waals surface area (Å²) in [6.07, 6.45) is 3.22. The van der Waals surface area contributed by atoms with E-state index in [1.165, 1.54) is 12.5 Å². The molecule has 0 spiro atoms. The molecule has 1 atom stereocenters. The van der Waals surface area contributed by atoms with Crippen LogP contribution < -0.4 is 28.7 Å². The number of halogens is 2. The predicted molar refractivity (Wildman–Crippen MR) is 90.5 cm³/mol. The number of benzene rings is 1. The van der Waals surface area contributed by atoms with Crippen LogP contribution in [0.3, 0.4) is 0 Å². The summed E-state index contributed by atoms with van der Waals surface area (Å²) in [5.74, 6) is 1.19. The zero-order chi connectivity index (χ0) is 15.7. The van der Waals surface area contributed by atoms with Gasteiger partial charge >= 0.3 is 0 Å². The second-order valence-electron chi connectivity index (χ2n) is 5.31. The molecule has 0 aliphatic rings. The second kappa shape index (κ2) is 12.4. The van der Waals surface area contributed by atoms with Crippen LogP contribution >= 0.6 is 11.9 Å². The van der Waals surface area contributed by atoms with Crippen LogP contribution in [-0.2, 0) is 0 Å². The van der Waals surface area contributed by atoms with Crippen molar-refractivity contribution in [3.63, 3.8) is 0 Å². The van der Waals surface area contributed by atoms with Crippen LogP contribution in [-0.4, -0.2) is 29.3 Å². The van der Waals surface area contributed by atoms with Gasteiger partial charge in [-0.15, -0.1) is 0 Å². The minimum absolute atomic E-state index is 0. The maximum atomic E-state index is 13.6. The molecule has 0 aliphatic carbocycles. The van der Waals surface area contributed by atoms with Crippen LogP contribution in [0.5, 0.6) is 5.75 Å². The molecule has 22 heavy (non-hydrogen) atoms. The Morgan fingerprint density at radius 2 is 2.00 bits per heavy atom. The van der Waals surface area contributed by atoms with Gasteiger partial charge in [-0.2, -0.15) is 0 Å². The molecule has 1 rings (SSSR count). The van der Waals surface area contributed by atoms with Gasteiger partial charge in [0.15, 0.2) is 11.6 Å². The average molecular weight is 440 g/mol. The van der Waals surface area contributed by atoms with Gasteiger partial charge in [-0.3, -0.25) is 0 Å². The van der Waals surface area contributed by atoms with Gasteiger partial charge in [0.2, 0.25) is 0 Å². The van der Waals surface area contributed by atoms with Crippen molar-refractivity contribution in [3.05, 3.63) is 29.6 Å². The molecule has 0 aromatic heterocycles. The second-order valence-corrected chi connectivity index (χ2v) is 6.45. The molecular weight excluding hydrogens is 412 g/mol. The van der Waals surface area contributed by atoms with Gasteiger partial charge in [-0.05, 0) is 50.8 Å². The maximum Gasteiger partial charge on any atom is 0.165 e. The van der Waals surface area contributed by atoms with Crippen molar-refractivity contribution in [2.24, 2.45) is 0 Å². The summed E-state index contributed by atoms with van der Waals surface area (Å²) in [6.45, 7) is 10.2. The Morgan fingerprint density at radius 3 is 2.59 bits per heavy atom. The van der Waals surface area contributed by atoms with E-state index in [9.17, 15) is 4.39 Å². The lowest BCUT2D eigenvalue weighted by Crippen LogP contribution is -3.00. The number of hydrogen-bond donors (Lipinski definition) is 0. The first kappa shape index (κ1) is 22.0. The van der Waals surface area contributed by atoms with Crippen LogP contribution in [0.2, 0.25) is 0 Å². The Morgan fingerprint density at radius 1 is 1.27 bits per heavy atom. The molecule has 0 saturated carbocycles. The largest absolute Gasteiger partial charge is 1.00 e. The Labute approximate surface area is 156 Å². The van der Waals surface area contributed by atoms with E-state index in [0.29, 0.717) is 18.4 Å². The van der Waals surface area contributed by atoms with Crippen molar-refractivity contribution in [3.8, 4) is 5.75 Å². The molecule has 1 unspecified atom stereocenters. The lowest BCUT2D eigenvalue weighted by molar-refractivity contribution is -0.00000570. The SMILES string of the molecule is CCC(C)N(CC)SCCCCOc1ccc(C)cc1F.[I-]. The summed E-state index contributed by atoms with van der Waals surface area (Å²) in [5.41, 5.74) is 0.918. The van der Waals surface area contributed by atoms with E-state index in [1.54, 1.807) is 6.07 Å². The quantitative estimate of drug-likeness (QED) is 0.314. The summed E-state index contributed by atoms with van der Waals surface area (Å²) in [5, 5.41) is 0. The fourth-order valence-corrected chi connectivity index (χ4v) is 3.18. The third-order valence-corrected chi connectivity index (χ3v) is 4.96. The third kappa shape index (κ3) is 8.02. The van der Waals surface area contributed by atoms with Crippen molar-refractivity contribution in [2.75, 3.05) is 18.9 Å². The molecule has 0 aliphatic heterocycles. The van der Waals surface area contributed by atoms with Gasteiger partial charge in [0.25, 0.3) is 0 Å². The van der Waals surface area contributed by atoms with Crippen molar-refractivity contribution >= 4 is 11.9 Å². The first-order chi connectivity index (χ1) is 10.1. The van der Waals surface area contributed by atoms with Crippen LogP contribution in [0.1, 0.15) is 45.6 Å². The van der Waals surface area contributed by atoms with Crippen molar-refractivity contribution in [1.29, 1.82) is 0 Å². The van der Waals surface area contributed by atoms with Gasteiger partial charge in [0, 0.05) is 18.3 Å². The number of aryl methyl sites for hydroxylation is 1. The van der Waals surface area contributed by atoms with Gasteiger partial charge < -0.3 is 28.7 Å². The Balaban J connectivity index is 0.00000441. The van der Waals surface area contributed by atoms with Gasteiger partial charge in [-0.1, -0.05) is 31.9 Å². The van der Waals surface area contributed by atoms with Crippen molar-refractivity contribution < 1.29 is 33.1 Å². The fourth-order valence-electron chi connectivity index (χ4n) is 2.02. The molecule has 0 heterocycles. The highest BCUT2D eigenvalue weighted by molar-refractivity contribution is 7.97. The van der Waals surface area contributed by atoms with Crippen molar-refractivity contribution in [1.82, 2.24) is 4.31 Å². The lowest BCUT2D eigenvalue weighted by atomic mass is 10.2. The van der Waals surface area contributed by atoms with E-state index >= 15 is 0 Å². The first-order valence-electron chi connectivity index (χ1n) is 7.87. The Bertz CT molecular complexity index is 420. The molecule has 1 aromatic rings. The summed E-state index contributed by atoms with van der Waals surface area (Å²) in [4.78, 5) is 0. The zero-order valence-corrected chi connectivity index (χ0v) is 17.0. The van der Waals surface area contributed by atoms with E-state index in [0.717, 1.165) is 30.7 Å². The minimum Gasteiger partial charge on any atom is -1.00 e. The summed E-state index contributed by atoms with van der Waals surface area (Å²) >= 11 is 1.91. The molecule has 0 N–H and O–H groups in total. The van der Waals surface area contributed by atoms with E-state index in [-0.39, 0.29) is 29.8 Å². The van der Waals surface area contributed by atoms with Crippen LogP contribution in [0.15, 0.2) is 18.2 Å². The Kier molecular flexibility index (Phi) is 12.4. The standard InChI is InChI=1S/C17H28FNOS.HI/c1-5-15(4)19(6-2)21-12-8-7-11-20-17-10-9-14(3)13-16(17)18;/h9-10,13,15H,5-8,11-12H2,1-4H3;1H/p-1. The zero-order valence-electron chi connectivity index (χ0n) is 14.1. The van der Waals surface area contributed by atoms with E-state index < -0.39 is 0 Å². The van der Waals surface area contributed by atoms with E-state index in [1.807, 2.05) is 24.9 Å². The molecule has 0 saturated heterocycles. The van der Waals surface area contributed by atoms with Gasteiger partial charge in [0.05, 0.1) is 6.61 Å². The highest BCUT2D eigenvalue weighted by atomic mass is 127. The summed E-state index contributed by atoms with van der Waals surface area (Å²) < 4.78 is 21.5. The molecular formula is C17H28FINOS-. The van der Waals surface area contributed by atoms with Crippen LogP contribution in [0.4, 0.5) is 4.39 Å². The number of unbranched alkanes of at least 4 members (excludes halogenated alkanes) is 1. The van der Waals surface area contributed by atoms with Crippen LogP contribution in [0.25, 0.3) is 0 Å². The van der Waals surface area contributed by atoms with E-state index in [2.05, 4.69) is 25.1 Å². The average Bonchev–Trinajstić information content (AvgIpc) is 2.47. The highest BCUT2D eigenvalue weighted by Crippen LogP contribution is 2.19.